The van der Waals surface area contributed by atoms with Crippen LogP contribution >= 0.6 is 27.7 Å². The fraction of sp³-hybridized carbons (Fsp3) is 0. The number of anilines is 1. The largest absolute Gasteiger partial charge is 0.478 e. The van der Waals surface area contributed by atoms with Crippen LogP contribution in [0.4, 0.5) is 5.69 Å². The van der Waals surface area contributed by atoms with Crippen molar-refractivity contribution >= 4 is 39.3 Å². The Morgan fingerprint density at radius 1 is 1.33 bits per heavy atom. The number of hydrogen-bond donors (Lipinski definition) is 2. The summed E-state index contributed by atoms with van der Waals surface area (Å²) >= 11 is 4.64. The molecule has 0 amide bonds. The summed E-state index contributed by atoms with van der Waals surface area (Å²) in [4.78, 5) is 15.8. The van der Waals surface area contributed by atoms with Gasteiger partial charge in [0.2, 0.25) is 0 Å². The number of nitrogens with two attached hydrogens (primary N) is 1. The lowest BCUT2D eigenvalue weighted by Gasteiger charge is -2.07. The number of carboxylic acid groups (broad SMARTS) is 1. The smallest absolute Gasteiger partial charge is 0.337 e. The third kappa shape index (κ3) is 2.83. The number of nitrogens with zero attached hydrogens (tertiary/aromatic N) is 1. The van der Waals surface area contributed by atoms with Crippen LogP contribution in [0.2, 0.25) is 0 Å². The highest BCUT2D eigenvalue weighted by Crippen LogP contribution is 2.32. The quantitative estimate of drug-likeness (QED) is 0.847. The molecule has 92 valence electrons. The van der Waals surface area contributed by atoms with Crippen molar-refractivity contribution in [3.63, 3.8) is 0 Å². The highest BCUT2D eigenvalue weighted by atomic mass is 79.9. The zero-order valence-corrected chi connectivity index (χ0v) is 11.5. The van der Waals surface area contributed by atoms with Gasteiger partial charge in [0, 0.05) is 15.6 Å². The van der Waals surface area contributed by atoms with Crippen LogP contribution in [0.15, 0.2) is 50.9 Å². The fourth-order valence-electron chi connectivity index (χ4n) is 1.35. The third-order valence-corrected chi connectivity index (χ3v) is 3.71. The molecular weight excluding hydrogens is 316 g/mol. The summed E-state index contributed by atoms with van der Waals surface area (Å²) in [7, 11) is 0. The molecule has 0 saturated carbocycles. The summed E-state index contributed by atoms with van der Waals surface area (Å²) in [6.07, 6.45) is 1.68. The van der Waals surface area contributed by atoms with Crippen LogP contribution in [0.1, 0.15) is 10.4 Å². The first kappa shape index (κ1) is 12.9. The van der Waals surface area contributed by atoms with Crippen molar-refractivity contribution in [2.24, 2.45) is 0 Å². The van der Waals surface area contributed by atoms with Crippen LogP contribution in [0, 0.1) is 0 Å². The first-order valence-corrected chi connectivity index (χ1v) is 6.60. The maximum Gasteiger partial charge on any atom is 0.337 e. The SMILES string of the molecule is Nc1c(Sc2ccc(Br)cn2)cccc1C(=O)O. The zero-order valence-electron chi connectivity index (χ0n) is 9.13. The zero-order chi connectivity index (χ0) is 13.1. The number of aromatic nitrogens is 1. The third-order valence-electron chi connectivity index (χ3n) is 2.21. The molecule has 1 aromatic carbocycles. The number of benzene rings is 1. The number of nitrogen functional groups attached to an aromatic ring is 1. The van der Waals surface area contributed by atoms with E-state index in [1.807, 2.05) is 12.1 Å². The van der Waals surface area contributed by atoms with E-state index in [1.165, 1.54) is 17.8 Å². The molecule has 2 rings (SSSR count). The molecule has 0 unspecified atom stereocenters. The Balaban J connectivity index is 2.32. The predicted octanol–water partition coefficient (Wildman–Crippen LogP) is 3.28. The van der Waals surface area contributed by atoms with Crippen molar-refractivity contribution in [1.82, 2.24) is 4.98 Å². The number of rotatable bonds is 3. The van der Waals surface area contributed by atoms with Gasteiger partial charge >= 0.3 is 5.97 Å². The maximum atomic E-state index is 11.0. The van der Waals surface area contributed by atoms with Crippen molar-refractivity contribution < 1.29 is 9.90 Å². The van der Waals surface area contributed by atoms with E-state index in [9.17, 15) is 4.79 Å². The molecule has 2 aromatic rings. The number of aromatic carboxylic acids is 1. The Labute approximate surface area is 116 Å². The van der Waals surface area contributed by atoms with E-state index in [2.05, 4.69) is 20.9 Å². The first-order valence-electron chi connectivity index (χ1n) is 4.99. The van der Waals surface area contributed by atoms with Gasteiger partial charge in [-0.1, -0.05) is 17.8 Å². The number of carbonyl (C=O) groups is 1. The van der Waals surface area contributed by atoms with Crippen LogP contribution in [0.3, 0.4) is 0 Å². The van der Waals surface area contributed by atoms with Crippen LogP contribution in [-0.4, -0.2) is 16.1 Å². The van der Waals surface area contributed by atoms with E-state index < -0.39 is 5.97 Å². The normalized spacial score (nSPS) is 10.3. The van der Waals surface area contributed by atoms with Gasteiger partial charge in [0.25, 0.3) is 0 Å². The lowest BCUT2D eigenvalue weighted by molar-refractivity contribution is 0.0698. The standard InChI is InChI=1S/C12H9BrN2O2S/c13-7-4-5-10(15-6-7)18-9-3-1-2-8(11(9)14)12(16)17/h1-6H,14H2,(H,16,17). The summed E-state index contributed by atoms with van der Waals surface area (Å²) in [5.41, 5.74) is 6.20. The molecule has 0 atom stereocenters. The minimum atomic E-state index is -1.03. The van der Waals surface area contributed by atoms with E-state index in [0.29, 0.717) is 4.90 Å². The van der Waals surface area contributed by atoms with E-state index in [1.54, 1.807) is 18.3 Å². The highest BCUT2D eigenvalue weighted by molar-refractivity contribution is 9.10. The second-order valence-electron chi connectivity index (χ2n) is 3.44. The number of halogens is 1. The van der Waals surface area contributed by atoms with Gasteiger partial charge in [0.15, 0.2) is 0 Å². The molecule has 6 heteroatoms. The molecule has 0 saturated heterocycles. The lowest BCUT2D eigenvalue weighted by atomic mass is 10.2. The summed E-state index contributed by atoms with van der Waals surface area (Å²) in [5, 5.41) is 9.74. The van der Waals surface area contributed by atoms with Crippen LogP contribution < -0.4 is 5.73 Å². The Hall–Kier alpha value is -1.53. The van der Waals surface area contributed by atoms with Gasteiger partial charge in [-0.05, 0) is 40.2 Å². The summed E-state index contributed by atoms with van der Waals surface area (Å²) in [6.45, 7) is 0. The molecule has 0 aliphatic heterocycles. The average Bonchev–Trinajstić information content (AvgIpc) is 2.34. The first-order chi connectivity index (χ1) is 8.58. The second kappa shape index (κ2) is 5.41. The average molecular weight is 325 g/mol. The van der Waals surface area contributed by atoms with Gasteiger partial charge in [0.1, 0.15) is 5.03 Å². The molecule has 0 bridgehead atoms. The van der Waals surface area contributed by atoms with Crippen molar-refractivity contribution in [3.8, 4) is 0 Å². The topological polar surface area (TPSA) is 76.2 Å². The number of para-hydroxylation sites is 1. The molecular formula is C12H9BrN2O2S. The van der Waals surface area contributed by atoms with Crippen LogP contribution in [0.25, 0.3) is 0 Å². The molecule has 0 fully saturated rings. The maximum absolute atomic E-state index is 11.0. The number of pyridine rings is 1. The van der Waals surface area contributed by atoms with Gasteiger partial charge < -0.3 is 10.8 Å². The van der Waals surface area contributed by atoms with Crippen molar-refractivity contribution in [3.05, 3.63) is 46.6 Å². The van der Waals surface area contributed by atoms with Gasteiger partial charge in [-0.2, -0.15) is 0 Å². The van der Waals surface area contributed by atoms with Crippen molar-refractivity contribution in [1.29, 1.82) is 0 Å². The summed E-state index contributed by atoms with van der Waals surface area (Å²) < 4.78 is 0.888. The predicted molar refractivity (Wildman–Crippen MR) is 73.9 cm³/mol. The lowest BCUT2D eigenvalue weighted by Crippen LogP contribution is -2.03. The van der Waals surface area contributed by atoms with E-state index >= 15 is 0 Å². The van der Waals surface area contributed by atoms with E-state index in [0.717, 1.165) is 9.50 Å². The molecule has 1 aromatic heterocycles. The molecule has 0 spiro atoms. The van der Waals surface area contributed by atoms with E-state index in [4.69, 9.17) is 10.8 Å². The minimum Gasteiger partial charge on any atom is -0.478 e. The Morgan fingerprint density at radius 2 is 2.11 bits per heavy atom. The monoisotopic (exact) mass is 324 g/mol. The molecule has 0 radical (unpaired) electrons. The molecule has 1 heterocycles. The molecule has 18 heavy (non-hydrogen) atoms. The van der Waals surface area contributed by atoms with Crippen LogP contribution in [0.5, 0.6) is 0 Å². The molecule has 4 nitrogen and oxygen atoms in total. The van der Waals surface area contributed by atoms with Gasteiger partial charge in [-0.3, -0.25) is 0 Å². The Bertz CT molecular complexity index is 587. The van der Waals surface area contributed by atoms with Crippen LogP contribution in [-0.2, 0) is 0 Å². The van der Waals surface area contributed by atoms with E-state index in [-0.39, 0.29) is 11.3 Å². The van der Waals surface area contributed by atoms with Crippen molar-refractivity contribution in [2.75, 3.05) is 5.73 Å². The second-order valence-corrected chi connectivity index (χ2v) is 5.42. The molecule has 0 aliphatic carbocycles. The van der Waals surface area contributed by atoms with Gasteiger partial charge in [-0.25, -0.2) is 9.78 Å². The molecule has 3 N–H and O–H groups in total. The molecule has 0 aliphatic rings. The van der Waals surface area contributed by atoms with Gasteiger partial charge in [-0.15, -0.1) is 0 Å². The van der Waals surface area contributed by atoms with Crippen molar-refractivity contribution in [2.45, 2.75) is 9.92 Å². The highest BCUT2D eigenvalue weighted by Gasteiger charge is 2.12. The van der Waals surface area contributed by atoms with Gasteiger partial charge in [0.05, 0.1) is 11.3 Å². The number of hydrogen-bond acceptors (Lipinski definition) is 4. The Kier molecular flexibility index (Phi) is 3.88. The number of carboxylic acids is 1. The minimum absolute atomic E-state index is 0.108. The fourth-order valence-corrected chi connectivity index (χ4v) is 2.42. The summed E-state index contributed by atoms with van der Waals surface area (Å²) in [5.74, 6) is -1.03. The Morgan fingerprint density at radius 3 is 2.72 bits per heavy atom. The summed E-state index contributed by atoms with van der Waals surface area (Å²) in [6, 6.07) is 8.63.